The number of alkyl halides is 2. The minimum absolute atomic E-state index is 0.130. The SMILES string of the molecule is O=C(NCC(F)(F)CO)c1cccc2c1OCCO2. The molecule has 104 valence electrons. The third-order valence-corrected chi connectivity index (χ3v) is 2.55. The molecule has 1 aromatic rings. The average molecular weight is 273 g/mol. The van der Waals surface area contributed by atoms with Crippen molar-refractivity contribution in [1.29, 1.82) is 0 Å². The summed E-state index contributed by atoms with van der Waals surface area (Å²) < 4.78 is 36.3. The summed E-state index contributed by atoms with van der Waals surface area (Å²) in [6.45, 7) is -1.59. The first kappa shape index (κ1) is 13.5. The number of carbonyl (C=O) groups is 1. The summed E-state index contributed by atoms with van der Waals surface area (Å²) in [5.74, 6) is -3.39. The number of hydrogen-bond acceptors (Lipinski definition) is 4. The van der Waals surface area contributed by atoms with Crippen LogP contribution in [0.15, 0.2) is 18.2 Å². The standard InChI is InChI=1S/C12H13F2NO4/c13-12(14,7-16)6-15-11(17)8-2-1-3-9-10(8)19-5-4-18-9/h1-3,16H,4-7H2,(H,15,17). The van der Waals surface area contributed by atoms with Crippen LogP contribution in [-0.2, 0) is 0 Å². The van der Waals surface area contributed by atoms with Gasteiger partial charge >= 0.3 is 0 Å². The first-order chi connectivity index (χ1) is 9.03. The van der Waals surface area contributed by atoms with Gasteiger partial charge in [-0.05, 0) is 12.1 Å². The molecule has 0 unspecified atom stereocenters. The molecule has 1 aromatic carbocycles. The third-order valence-electron chi connectivity index (χ3n) is 2.55. The van der Waals surface area contributed by atoms with Crippen molar-refractivity contribution in [3.05, 3.63) is 23.8 Å². The summed E-state index contributed by atoms with van der Waals surface area (Å²) >= 11 is 0. The van der Waals surface area contributed by atoms with Crippen molar-refractivity contribution >= 4 is 5.91 Å². The van der Waals surface area contributed by atoms with Gasteiger partial charge in [0.2, 0.25) is 0 Å². The van der Waals surface area contributed by atoms with E-state index >= 15 is 0 Å². The molecule has 1 aliphatic rings. The van der Waals surface area contributed by atoms with Crippen LogP contribution in [0.5, 0.6) is 11.5 Å². The normalized spacial score (nSPS) is 14.1. The third kappa shape index (κ3) is 3.11. The minimum atomic E-state index is -3.35. The second kappa shape index (κ2) is 5.40. The van der Waals surface area contributed by atoms with Crippen molar-refractivity contribution in [3.8, 4) is 11.5 Å². The molecule has 7 heteroatoms. The Bertz CT molecular complexity index is 479. The molecular formula is C12H13F2NO4. The zero-order valence-corrected chi connectivity index (χ0v) is 9.99. The second-order valence-electron chi connectivity index (χ2n) is 4.03. The Morgan fingerprint density at radius 3 is 2.84 bits per heavy atom. The molecular weight excluding hydrogens is 260 g/mol. The van der Waals surface area contributed by atoms with E-state index < -0.39 is 25.0 Å². The van der Waals surface area contributed by atoms with E-state index in [1.165, 1.54) is 6.07 Å². The van der Waals surface area contributed by atoms with Crippen LogP contribution in [0.1, 0.15) is 10.4 Å². The van der Waals surface area contributed by atoms with Gasteiger partial charge in [-0.2, -0.15) is 0 Å². The van der Waals surface area contributed by atoms with Crippen LogP contribution < -0.4 is 14.8 Å². The van der Waals surface area contributed by atoms with Gasteiger partial charge in [0, 0.05) is 0 Å². The van der Waals surface area contributed by atoms with Crippen molar-refractivity contribution in [1.82, 2.24) is 5.32 Å². The van der Waals surface area contributed by atoms with Crippen LogP contribution in [0.25, 0.3) is 0 Å². The van der Waals surface area contributed by atoms with Gasteiger partial charge in [0.25, 0.3) is 11.8 Å². The van der Waals surface area contributed by atoms with E-state index in [-0.39, 0.29) is 11.3 Å². The fourth-order valence-corrected chi connectivity index (χ4v) is 1.61. The monoisotopic (exact) mass is 273 g/mol. The molecule has 0 atom stereocenters. The van der Waals surface area contributed by atoms with Gasteiger partial charge in [0.1, 0.15) is 19.8 Å². The lowest BCUT2D eigenvalue weighted by Gasteiger charge is -2.21. The number of fused-ring (bicyclic) bond motifs is 1. The van der Waals surface area contributed by atoms with Crippen LogP contribution in [0.3, 0.4) is 0 Å². The Morgan fingerprint density at radius 1 is 1.37 bits per heavy atom. The van der Waals surface area contributed by atoms with Crippen LogP contribution in [-0.4, -0.2) is 43.3 Å². The number of para-hydroxylation sites is 1. The highest BCUT2D eigenvalue weighted by atomic mass is 19.3. The Morgan fingerprint density at radius 2 is 2.11 bits per heavy atom. The number of carbonyl (C=O) groups excluding carboxylic acids is 1. The number of aliphatic hydroxyl groups excluding tert-OH is 1. The minimum Gasteiger partial charge on any atom is -0.486 e. The van der Waals surface area contributed by atoms with Gasteiger partial charge in [0.05, 0.1) is 12.1 Å². The fraction of sp³-hybridized carbons (Fsp3) is 0.417. The lowest BCUT2D eigenvalue weighted by Crippen LogP contribution is -2.39. The summed E-state index contributed by atoms with van der Waals surface area (Å²) in [6, 6.07) is 4.67. The molecule has 0 bridgehead atoms. The van der Waals surface area contributed by atoms with E-state index in [2.05, 4.69) is 5.32 Å². The number of rotatable bonds is 4. The average Bonchev–Trinajstić information content (AvgIpc) is 2.44. The molecule has 2 rings (SSSR count). The van der Waals surface area contributed by atoms with Crippen molar-refractivity contribution < 1.29 is 28.2 Å². The van der Waals surface area contributed by atoms with Gasteiger partial charge in [-0.3, -0.25) is 4.79 Å². The maximum absolute atomic E-state index is 12.8. The molecule has 0 spiro atoms. The van der Waals surface area contributed by atoms with E-state index in [9.17, 15) is 13.6 Å². The first-order valence-electron chi connectivity index (χ1n) is 5.69. The molecule has 0 radical (unpaired) electrons. The second-order valence-corrected chi connectivity index (χ2v) is 4.03. The molecule has 0 aliphatic carbocycles. The number of benzene rings is 1. The number of amides is 1. The highest BCUT2D eigenvalue weighted by Crippen LogP contribution is 2.33. The molecule has 0 aromatic heterocycles. The highest BCUT2D eigenvalue weighted by molar-refractivity contribution is 5.97. The number of nitrogens with one attached hydrogen (secondary N) is 1. The summed E-state index contributed by atoms with van der Waals surface area (Å²) in [5, 5.41) is 10.5. The number of aliphatic hydroxyl groups is 1. The van der Waals surface area contributed by atoms with Crippen molar-refractivity contribution in [2.24, 2.45) is 0 Å². The van der Waals surface area contributed by atoms with Crippen molar-refractivity contribution in [2.45, 2.75) is 5.92 Å². The first-order valence-corrected chi connectivity index (χ1v) is 5.69. The molecule has 1 amide bonds. The predicted molar refractivity (Wildman–Crippen MR) is 61.8 cm³/mol. The van der Waals surface area contributed by atoms with Crippen molar-refractivity contribution in [3.63, 3.8) is 0 Å². The van der Waals surface area contributed by atoms with Crippen LogP contribution in [0.2, 0.25) is 0 Å². The fourth-order valence-electron chi connectivity index (χ4n) is 1.61. The zero-order valence-electron chi connectivity index (χ0n) is 9.99. The Labute approximate surface area is 108 Å². The summed E-state index contributed by atoms with van der Waals surface area (Å²) in [4.78, 5) is 11.8. The van der Waals surface area contributed by atoms with Crippen LogP contribution in [0.4, 0.5) is 8.78 Å². The molecule has 1 heterocycles. The number of halogens is 2. The highest BCUT2D eigenvalue weighted by Gasteiger charge is 2.29. The van der Waals surface area contributed by atoms with E-state index in [0.29, 0.717) is 19.0 Å². The zero-order chi connectivity index (χ0) is 13.9. The number of ether oxygens (including phenoxy) is 2. The van der Waals surface area contributed by atoms with Crippen LogP contribution in [0, 0.1) is 0 Å². The van der Waals surface area contributed by atoms with Gasteiger partial charge < -0.3 is 19.9 Å². The van der Waals surface area contributed by atoms with E-state index in [0.717, 1.165) is 0 Å². The molecule has 2 N–H and O–H groups in total. The molecule has 19 heavy (non-hydrogen) atoms. The lowest BCUT2D eigenvalue weighted by molar-refractivity contribution is -0.0462. The summed E-state index contributed by atoms with van der Waals surface area (Å²) in [6.07, 6.45) is 0. The van der Waals surface area contributed by atoms with E-state index in [4.69, 9.17) is 14.6 Å². The number of hydrogen-bond donors (Lipinski definition) is 2. The van der Waals surface area contributed by atoms with E-state index in [1.807, 2.05) is 0 Å². The van der Waals surface area contributed by atoms with Gasteiger partial charge in [-0.1, -0.05) is 6.07 Å². The van der Waals surface area contributed by atoms with Crippen molar-refractivity contribution in [2.75, 3.05) is 26.4 Å². The lowest BCUT2D eigenvalue weighted by atomic mass is 10.1. The summed E-state index contributed by atoms with van der Waals surface area (Å²) in [7, 11) is 0. The molecule has 1 aliphatic heterocycles. The smallest absolute Gasteiger partial charge is 0.287 e. The van der Waals surface area contributed by atoms with Crippen LogP contribution >= 0.6 is 0 Å². The molecule has 5 nitrogen and oxygen atoms in total. The maximum Gasteiger partial charge on any atom is 0.287 e. The topological polar surface area (TPSA) is 67.8 Å². The summed E-state index contributed by atoms with van der Waals surface area (Å²) in [5.41, 5.74) is 0.130. The van der Waals surface area contributed by atoms with Gasteiger partial charge in [-0.25, -0.2) is 8.78 Å². The Hall–Kier alpha value is -1.89. The molecule has 0 saturated heterocycles. The predicted octanol–water partition coefficient (Wildman–Crippen LogP) is 0.815. The Kier molecular flexibility index (Phi) is 3.84. The Balaban J connectivity index is 2.11. The molecule has 0 saturated carbocycles. The van der Waals surface area contributed by atoms with Gasteiger partial charge in [-0.15, -0.1) is 0 Å². The quantitative estimate of drug-likeness (QED) is 0.852. The largest absolute Gasteiger partial charge is 0.486 e. The van der Waals surface area contributed by atoms with E-state index in [1.54, 1.807) is 12.1 Å². The maximum atomic E-state index is 12.8. The van der Waals surface area contributed by atoms with Gasteiger partial charge in [0.15, 0.2) is 11.5 Å². The molecule has 0 fully saturated rings.